The molecule has 0 aliphatic carbocycles. The van der Waals surface area contributed by atoms with E-state index < -0.39 is 0 Å². The largest absolute Gasteiger partial charge is 0.383 e. The van der Waals surface area contributed by atoms with Gasteiger partial charge in [-0.05, 0) is 32.1 Å². The molecule has 2 N–H and O–H groups in total. The maximum absolute atomic E-state index is 6.06. The number of likely N-dealkylation sites (N-methyl/N-ethyl adjacent to an activating group) is 1. The van der Waals surface area contributed by atoms with Gasteiger partial charge in [-0.25, -0.2) is 0 Å². The number of nitrogens with two attached hydrogens (primary N) is 1. The summed E-state index contributed by atoms with van der Waals surface area (Å²) in [4.78, 5) is 2.40. The molecule has 0 aromatic heterocycles. The zero-order chi connectivity index (χ0) is 13.0. The molecule has 3 atom stereocenters. The Labute approximate surface area is 115 Å². The van der Waals surface area contributed by atoms with Gasteiger partial charge in [-0.3, -0.25) is 0 Å². The highest BCUT2D eigenvalue weighted by atomic mass is 32.2. The zero-order valence-corrected chi connectivity index (χ0v) is 12.4. The van der Waals surface area contributed by atoms with E-state index in [0.29, 0.717) is 12.6 Å². The zero-order valence-electron chi connectivity index (χ0n) is 11.6. The molecule has 2 fully saturated rings. The standard InChI is InChI=1S/C13H26N2O2S/c1-15(8-11(14)9-16-2)12-3-5-17-13(7-12)4-6-18-10-13/h11-12H,3-10,14H2,1-2H3. The van der Waals surface area contributed by atoms with Crippen LogP contribution in [0.1, 0.15) is 19.3 Å². The smallest absolute Gasteiger partial charge is 0.0795 e. The number of hydrogen-bond acceptors (Lipinski definition) is 5. The van der Waals surface area contributed by atoms with Gasteiger partial charge in [-0.1, -0.05) is 0 Å². The van der Waals surface area contributed by atoms with Gasteiger partial charge in [0.2, 0.25) is 0 Å². The fraction of sp³-hybridized carbons (Fsp3) is 1.00. The summed E-state index contributed by atoms with van der Waals surface area (Å²) in [5.41, 5.74) is 6.19. The minimum atomic E-state index is 0.108. The van der Waals surface area contributed by atoms with Crippen LogP contribution in [-0.4, -0.2) is 68.0 Å². The lowest BCUT2D eigenvalue weighted by atomic mass is 9.89. The van der Waals surface area contributed by atoms with E-state index in [1.54, 1.807) is 7.11 Å². The Morgan fingerprint density at radius 1 is 1.61 bits per heavy atom. The van der Waals surface area contributed by atoms with Crippen LogP contribution in [0, 0.1) is 0 Å². The molecule has 2 aliphatic heterocycles. The Kier molecular flexibility index (Phi) is 5.33. The van der Waals surface area contributed by atoms with Gasteiger partial charge < -0.3 is 20.1 Å². The third kappa shape index (κ3) is 3.61. The van der Waals surface area contributed by atoms with Crippen LogP contribution in [0.3, 0.4) is 0 Å². The monoisotopic (exact) mass is 274 g/mol. The highest BCUT2D eigenvalue weighted by molar-refractivity contribution is 7.99. The topological polar surface area (TPSA) is 47.7 Å². The van der Waals surface area contributed by atoms with Crippen LogP contribution in [0.25, 0.3) is 0 Å². The molecule has 2 rings (SSSR count). The van der Waals surface area contributed by atoms with Gasteiger partial charge in [0.05, 0.1) is 12.2 Å². The fourth-order valence-corrected chi connectivity index (χ4v) is 4.41. The van der Waals surface area contributed by atoms with Crippen LogP contribution in [-0.2, 0) is 9.47 Å². The van der Waals surface area contributed by atoms with Crippen molar-refractivity contribution in [3.63, 3.8) is 0 Å². The van der Waals surface area contributed by atoms with E-state index in [9.17, 15) is 0 Å². The van der Waals surface area contributed by atoms with E-state index in [4.69, 9.17) is 15.2 Å². The van der Waals surface area contributed by atoms with Crippen LogP contribution in [0.5, 0.6) is 0 Å². The van der Waals surface area contributed by atoms with Gasteiger partial charge in [0.15, 0.2) is 0 Å². The van der Waals surface area contributed by atoms with Gasteiger partial charge >= 0.3 is 0 Å². The molecule has 18 heavy (non-hydrogen) atoms. The number of nitrogens with zero attached hydrogens (tertiary/aromatic N) is 1. The van der Waals surface area contributed by atoms with E-state index in [1.165, 1.54) is 17.9 Å². The number of methoxy groups -OCH3 is 1. The average molecular weight is 274 g/mol. The number of ether oxygens (including phenoxy) is 2. The van der Waals surface area contributed by atoms with Crippen molar-refractivity contribution in [1.29, 1.82) is 0 Å². The van der Waals surface area contributed by atoms with Crippen LogP contribution in [0.4, 0.5) is 0 Å². The minimum absolute atomic E-state index is 0.108. The predicted octanol–water partition coefficient (Wildman–Crippen LogP) is 0.947. The molecule has 2 aliphatic rings. The minimum Gasteiger partial charge on any atom is -0.383 e. The first kappa shape index (κ1) is 14.6. The first-order chi connectivity index (χ1) is 8.65. The maximum atomic E-state index is 6.06. The molecule has 0 amide bonds. The Balaban J connectivity index is 1.84. The lowest BCUT2D eigenvalue weighted by molar-refractivity contribution is -0.0872. The van der Waals surface area contributed by atoms with Crippen molar-refractivity contribution in [2.75, 3.05) is 45.4 Å². The van der Waals surface area contributed by atoms with Gasteiger partial charge in [0, 0.05) is 38.1 Å². The van der Waals surface area contributed by atoms with E-state index in [0.717, 1.165) is 26.0 Å². The van der Waals surface area contributed by atoms with Crippen LogP contribution in [0.15, 0.2) is 0 Å². The third-order valence-electron chi connectivity index (χ3n) is 4.06. The van der Waals surface area contributed by atoms with Crippen molar-refractivity contribution in [2.45, 2.75) is 36.9 Å². The van der Waals surface area contributed by atoms with E-state index >= 15 is 0 Å². The molecule has 0 radical (unpaired) electrons. The predicted molar refractivity (Wildman–Crippen MR) is 76.1 cm³/mol. The molecule has 0 aromatic carbocycles. The van der Waals surface area contributed by atoms with Crippen molar-refractivity contribution >= 4 is 11.8 Å². The average Bonchev–Trinajstić information content (AvgIpc) is 2.77. The Morgan fingerprint density at radius 3 is 3.11 bits per heavy atom. The second-order valence-electron chi connectivity index (χ2n) is 5.64. The van der Waals surface area contributed by atoms with Crippen molar-refractivity contribution in [1.82, 2.24) is 4.90 Å². The molecule has 2 saturated heterocycles. The quantitative estimate of drug-likeness (QED) is 0.809. The molecule has 2 heterocycles. The van der Waals surface area contributed by atoms with Gasteiger partial charge in [-0.15, -0.1) is 0 Å². The summed E-state index contributed by atoms with van der Waals surface area (Å²) in [6.07, 6.45) is 3.50. The summed E-state index contributed by atoms with van der Waals surface area (Å²) >= 11 is 2.03. The number of hydrogen-bond donors (Lipinski definition) is 1. The summed E-state index contributed by atoms with van der Waals surface area (Å²) in [7, 11) is 3.89. The Morgan fingerprint density at radius 2 is 2.44 bits per heavy atom. The summed E-state index contributed by atoms with van der Waals surface area (Å²) in [5.74, 6) is 2.42. The molecule has 3 unspecified atom stereocenters. The molecule has 0 saturated carbocycles. The highest BCUT2D eigenvalue weighted by Crippen LogP contribution is 2.39. The van der Waals surface area contributed by atoms with Crippen LogP contribution in [0.2, 0.25) is 0 Å². The van der Waals surface area contributed by atoms with Crippen molar-refractivity contribution < 1.29 is 9.47 Å². The Hall–Kier alpha value is 0.190. The van der Waals surface area contributed by atoms with E-state index in [1.807, 2.05) is 11.8 Å². The molecular weight excluding hydrogens is 248 g/mol. The highest BCUT2D eigenvalue weighted by Gasteiger charge is 2.41. The molecule has 0 bridgehead atoms. The lowest BCUT2D eigenvalue weighted by Crippen LogP contribution is -2.50. The summed E-state index contributed by atoms with van der Waals surface area (Å²) in [6.45, 7) is 2.44. The van der Waals surface area contributed by atoms with Crippen molar-refractivity contribution in [3.8, 4) is 0 Å². The SMILES string of the molecule is COCC(N)CN(C)C1CCOC2(CCSC2)C1. The van der Waals surface area contributed by atoms with Gasteiger partial charge in [-0.2, -0.15) is 11.8 Å². The van der Waals surface area contributed by atoms with Crippen LogP contribution < -0.4 is 5.73 Å². The maximum Gasteiger partial charge on any atom is 0.0795 e. The molecule has 106 valence electrons. The van der Waals surface area contributed by atoms with Gasteiger partial charge in [0.25, 0.3) is 0 Å². The molecular formula is C13H26N2O2S. The Bertz CT molecular complexity index is 259. The summed E-state index contributed by atoms with van der Waals surface area (Å²) in [5, 5.41) is 0. The fourth-order valence-electron chi connectivity index (χ4n) is 3.03. The van der Waals surface area contributed by atoms with Gasteiger partial charge in [0.1, 0.15) is 0 Å². The van der Waals surface area contributed by atoms with Crippen molar-refractivity contribution in [2.24, 2.45) is 5.73 Å². The molecule has 4 nitrogen and oxygen atoms in total. The first-order valence-corrected chi connectivity index (χ1v) is 7.97. The second kappa shape index (κ2) is 6.57. The summed E-state index contributed by atoms with van der Waals surface area (Å²) < 4.78 is 11.2. The van der Waals surface area contributed by atoms with Crippen LogP contribution >= 0.6 is 11.8 Å². The lowest BCUT2D eigenvalue weighted by Gasteiger charge is -2.42. The van der Waals surface area contributed by atoms with E-state index in [2.05, 4.69) is 11.9 Å². The number of rotatable bonds is 5. The first-order valence-electron chi connectivity index (χ1n) is 6.82. The molecule has 1 spiro atoms. The number of thioether (sulfide) groups is 1. The third-order valence-corrected chi connectivity index (χ3v) is 5.28. The summed E-state index contributed by atoms with van der Waals surface area (Å²) in [6, 6.07) is 0.720. The van der Waals surface area contributed by atoms with E-state index in [-0.39, 0.29) is 11.6 Å². The van der Waals surface area contributed by atoms with Crippen molar-refractivity contribution in [3.05, 3.63) is 0 Å². The molecule has 0 aromatic rings. The molecule has 5 heteroatoms. The second-order valence-corrected chi connectivity index (χ2v) is 6.74. The normalized spacial score (nSPS) is 34.3.